The van der Waals surface area contributed by atoms with Crippen LogP contribution in [0.1, 0.15) is 11.6 Å². The molecule has 1 aliphatic heterocycles. The normalized spacial score (nSPS) is 16.3. The molecule has 0 unspecified atom stereocenters. The monoisotopic (exact) mass is 327 g/mol. The van der Waals surface area contributed by atoms with E-state index in [0.717, 1.165) is 5.56 Å². The second kappa shape index (κ2) is 7.23. The van der Waals surface area contributed by atoms with Crippen LogP contribution in [0.2, 0.25) is 0 Å². The Hall–Kier alpha value is -2.73. The fraction of sp³-hybridized carbons (Fsp3) is 0.222. The van der Waals surface area contributed by atoms with Crippen molar-refractivity contribution in [3.8, 4) is 0 Å². The van der Waals surface area contributed by atoms with Gasteiger partial charge in [-0.25, -0.2) is 4.39 Å². The molecule has 1 atom stereocenters. The van der Waals surface area contributed by atoms with Gasteiger partial charge < -0.3 is 10.6 Å². The van der Waals surface area contributed by atoms with Crippen molar-refractivity contribution in [2.24, 2.45) is 0 Å². The first kappa shape index (κ1) is 16.1. The van der Waals surface area contributed by atoms with Gasteiger partial charge in [0, 0.05) is 18.8 Å². The van der Waals surface area contributed by atoms with Crippen molar-refractivity contribution in [1.82, 2.24) is 10.2 Å². The molecule has 1 heterocycles. The average molecular weight is 327 g/mol. The maximum Gasteiger partial charge on any atom is 0.246 e. The Labute approximate surface area is 139 Å². The number of amides is 2. The fourth-order valence-corrected chi connectivity index (χ4v) is 2.79. The molecule has 3 rings (SSSR count). The number of hydrogen-bond acceptors (Lipinski definition) is 3. The Bertz CT molecular complexity index is 719. The van der Waals surface area contributed by atoms with E-state index in [1.165, 1.54) is 24.3 Å². The summed E-state index contributed by atoms with van der Waals surface area (Å²) in [6, 6.07) is 14.3. The lowest BCUT2D eigenvalue weighted by atomic mass is 10.0. The van der Waals surface area contributed by atoms with Gasteiger partial charge in [-0.1, -0.05) is 30.3 Å². The first-order valence-corrected chi connectivity index (χ1v) is 7.75. The van der Waals surface area contributed by atoms with Crippen LogP contribution in [0.3, 0.4) is 0 Å². The number of nitrogens with one attached hydrogen (secondary N) is 2. The lowest BCUT2D eigenvalue weighted by molar-refractivity contribution is -0.128. The summed E-state index contributed by atoms with van der Waals surface area (Å²) in [5, 5.41) is 5.56. The van der Waals surface area contributed by atoms with E-state index in [2.05, 4.69) is 10.6 Å². The topological polar surface area (TPSA) is 61.4 Å². The Kier molecular flexibility index (Phi) is 4.86. The summed E-state index contributed by atoms with van der Waals surface area (Å²) in [6.07, 6.45) is 0. The molecule has 124 valence electrons. The van der Waals surface area contributed by atoms with Crippen molar-refractivity contribution < 1.29 is 14.0 Å². The van der Waals surface area contributed by atoms with Crippen LogP contribution < -0.4 is 10.6 Å². The molecule has 24 heavy (non-hydrogen) atoms. The van der Waals surface area contributed by atoms with Gasteiger partial charge in [-0.15, -0.1) is 0 Å². The molecule has 1 aliphatic rings. The molecule has 0 saturated carbocycles. The van der Waals surface area contributed by atoms with Crippen LogP contribution in [0.15, 0.2) is 54.6 Å². The van der Waals surface area contributed by atoms with E-state index in [1.54, 1.807) is 0 Å². The van der Waals surface area contributed by atoms with Crippen LogP contribution in [0.25, 0.3) is 0 Å². The number of nitrogens with zero attached hydrogens (tertiary/aromatic N) is 1. The number of piperazine rings is 1. The van der Waals surface area contributed by atoms with Gasteiger partial charge in [-0.05, 0) is 29.8 Å². The highest BCUT2D eigenvalue weighted by molar-refractivity contribution is 5.96. The predicted molar refractivity (Wildman–Crippen MR) is 88.8 cm³/mol. The molecule has 0 aliphatic carbocycles. The van der Waals surface area contributed by atoms with Crippen LogP contribution in [0.5, 0.6) is 0 Å². The summed E-state index contributed by atoms with van der Waals surface area (Å²) in [5.74, 6) is -0.709. The second-order valence-electron chi connectivity index (χ2n) is 5.63. The van der Waals surface area contributed by atoms with E-state index in [-0.39, 0.29) is 24.2 Å². The highest BCUT2D eigenvalue weighted by Crippen LogP contribution is 2.23. The third kappa shape index (κ3) is 3.78. The van der Waals surface area contributed by atoms with Gasteiger partial charge in [0.25, 0.3) is 0 Å². The van der Waals surface area contributed by atoms with E-state index < -0.39 is 6.04 Å². The zero-order chi connectivity index (χ0) is 16.9. The van der Waals surface area contributed by atoms with Crippen molar-refractivity contribution in [2.75, 3.05) is 25.0 Å². The molecule has 2 aromatic rings. The van der Waals surface area contributed by atoms with Crippen LogP contribution in [0.4, 0.5) is 10.1 Å². The average Bonchev–Trinajstić information content (AvgIpc) is 2.58. The molecular weight excluding hydrogens is 309 g/mol. The number of hydrogen-bond donors (Lipinski definition) is 2. The first-order chi connectivity index (χ1) is 11.6. The van der Waals surface area contributed by atoms with Gasteiger partial charge in [0.05, 0.1) is 6.54 Å². The largest absolute Gasteiger partial charge is 0.354 e. The molecule has 2 amide bonds. The quantitative estimate of drug-likeness (QED) is 0.902. The van der Waals surface area contributed by atoms with E-state index in [1.807, 2.05) is 35.2 Å². The molecule has 0 bridgehead atoms. The molecule has 2 aromatic carbocycles. The van der Waals surface area contributed by atoms with E-state index in [0.29, 0.717) is 18.8 Å². The zero-order valence-corrected chi connectivity index (χ0v) is 13.0. The molecule has 1 fully saturated rings. The number of anilines is 1. The van der Waals surface area contributed by atoms with Gasteiger partial charge in [0.1, 0.15) is 11.9 Å². The summed E-state index contributed by atoms with van der Waals surface area (Å²) in [5.41, 5.74) is 1.33. The van der Waals surface area contributed by atoms with E-state index in [9.17, 15) is 14.0 Å². The SMILES string of the molecule is O=C1CN([C@H](C(=O)Nc2ccc(F)cc2)c2ccccc2)CCN1. The van der Waals surface area contributed by atoms with Gasteiger partial charge in [0.15, 0.2) is 0 Å². The van der Waals surface area contributed by atoms with Crippen molar-refractivity contribution in [1.29, 1.82) is 0 Å². The number of benzene rings is 2. The maximum atomic E-state index is 13.0. The van der Waals surface area contributed by atoms with Gasteiger partial charge in [-0.2, -0.15) is 0 Å². The second-order valence-corrected chi connectivity index (χ2v) is 5.63. The minimum atomic E-state index is -0.581. The molecule has 0 spiro atoms. The standard InChI is InChI=1S/C18H18FN3O2/c19-14-6-8-15(9-7-14)21-18(24)17(13-4-2-1-3-5-13)22-11-10-20-16(23)12-22/h1-9,17H,10-12H2,(H,20,23)(H,21,24)/t17-/m0/s1. The summed E-state index contributed by atoms with van der Waals surface area (Å²) in [7, 11) is 0. The maximum absolute atomic E-state index is 13.0. The summed E-state index contributed by atoms with van der Waals surface area (Å²) in [6.45, 7) is 1.25. The molecule has 6 heteroatoms. The smallest absolute Gasteiger partial charge is 0.246 e. The number of halogens is 1. The summed E-state index contributed by atoms with van der Waals surface area (Å²) >= 11 is 0. The third-order valence-corrected chi connectivity index (χ3v) is 3.91. The van der Waals surface area contributed by atoms with Gasteiger partial charge in [0.2, 0.25) is 11.8 Å². The van der Waals surface area contributed by atoms with Crippen LogP contribution in [-0.4, -0.2) is 36.3 Å². The summed E-state index contributed by atoms with van der Waals surface area (Å²) in [4.78, 5) is 26.4. The van der Waals surface area contributed by atoms with E-state index in [4.69, 9.17) is 0 Å². The minimum absolute atomic E-state index is 0.100. The summed E-state index contributed by atoms with van der Waals surface area (Å²) < 4.78 is 13.0. The number of carbonyl (C=O) groups excluding carboxylic acids is 2. The van der Waals surface area contributed by atoms with Crippen LogP contribution >= 0.6 is 0 Å². The lowest BCUT2D eigenvalue weighted by Gasteiger charge is -2.33. The zero-order valence-electron chi connectivity index (χ0n) is 13.0. The van der Waals surface area contributed by atoms with Crippen molar-refractivity contribution >= 4 is 17.5 Å². The first-order valence-electron chi connectivity index (χ1n) is 7.75. The molecule has 2 N–H and O–H groups in total. The highest BCUT2D eigenvalue weighted by Gasteiger charge is 2.31. The predicted octanol–water partition coefficient (Wildman–Crippen LogP) is 1.94. The Morgan fingerprint density at radius 1 is 1.12 bits per heavy atom. The van der Waals surface area contributed by atoms with Crippen LogP contribution in [0, 0.1) is 5.82 Å². The molecule has 0 radical (unpaired) electrons. The lowest BCUT2D eigenvalue weighted by Crippen LogP contribution is -2.51. The van der Waals surface area contributed by atoms with Crippen molar-refractivity contribution in [3.05, 3.63) is 66.0 Å². The Balaban J connectivity index is 1.84. The molecule has 5 nitrogen and oxygen atoms in total. The van der Waals surface area contributed by atoms with Crippen LogP contribution in [-0.2, 0) is 9.59 Å². The molecule has 0 aromatic heterocycles. The third-order valence-electron chi connectivity index (χ3n) is 3.91. The highest BCUT2D eigenvalue weighted by atomic mass is 19.1. The molecule has 1 saturated heterocycles. The number of rotatable bonds is 4. The van der Waals surface area contributed by atoms with Crippen molar-refractivity contribution in [2.45, 2.75) is 6.04 Å². The molecular formula is C18H18FN3O2. The fourth-order valence-electron chi connectivity index (χ4n) is 2.79. The van der Waals surface area contributed by atoms with Gasteiger partial charge >= 0.3 is 0 Å². The Morgan fingerprint density at radius 2 is 1.83 bits per heavy atom. The minimum Gasteiger partial charge on any atom is -0.354 e. The Morgan fingerprint density at radius 3 is 2.50 bits per heavy atom. The number of carbonyl (C=O) groups is 2. The van der Waals surface area contributed by atoms with Crippen molar-refractivity contribution in [3.63, 3.8) is 0 Å². The van der Waals surface area contributed by atoms with E-state index >= 15 is 0 Å². The van der Waals surface area contributed by atoms with Gasteiger partial charge in [-0.3, -0.25) is 14.5 Å².